The number of carbonyl (C=O) groups excluding carboxylic acids is 1. The largest absolute Gasteiger partial charge is 0.399 e. The molecule has 0 aromatic heterocycles. The fourth-order valence-electron chi connectivity index (χ4n) is 2.16. The summed E-state index contributed by atoms with van der Waals surface area (Å²) in [7, 11) is 1.93. The van der Waals surface area contributed by atoms with Crippen LogP contribution in [0, 0.1) is 0 Å². The van der Waals surface area contributed by atoms with Crippen LogP contribution in [0.2, 0.25) is 0 Å². The summed E-state index contributed by atoms with van der Waals surface area (Å²) in [5.41, 5.74) is 8.45. The molecule has 0 heterocycles. The van der Waals surface area contributed by atoms with Gasteiger partial charge in [-0.05, 0) is 43.8 Å². The van der Waals surface area contributed by atoms with Crippen LogP contribution in [0.25, 0.3) is 0 Å². The zero-order chi connectivity index (χ0) is 15.2. The highest BCUT2D eigenvalue weighted by molar-refractivity contribution is 5.92. The topological polar surface area (TPSA) is 58.4 Å². The van der Waals surface area contributed by atoms with Gasteiger partial charge in [0.1, 0.15) is 0 Å². The van der Waals surface area contributed by atoms with E-state index >= 15 is 0 Å². The monoisotopic (exact) mass is 283 g/mol. The van der Waals surface area contributed by atoms with Crippen molar-refractivity contribution in [1.29, 1.82) is 0 Å². The maximum Gasteiger partial charge on any atom is 0.238 e. The first-order valence-electron chi connectivity index (χ1n) is 6.97. The summed E-state index contributed by atoms with van der Waals surface area (Å²) in [6.45, 7) is 2.38. The lowest BCUT2D eigenvalue weighted by Crippen LogP contribution is -2.32. The van der Waals surface area contributed by atoms with Crippen molar-refractivity contribution in [2.24, 2.45) is 0 Å². The summed E-state index contributed by atoms with van der Waals surface area (Å²) in [4.78, 5) is 14.0. The number of hydrogen-bond acceptors (Lipinski definition) is 3. The summed E-state index contributed by atoms with van der Waals surface area (Å²) in [6, 6.07) is 17.3. The smallest absolute Gasteiger partial charge is 0.238 e. The van der Waals surface area contributed by atoms with Gasteiger partial charge in [-0.1, -0.05) is 30.3 Å². The molecular formula is C17H21N3O. The van der Waals surface area contributed by atoms with Crippen LogP contribution in [0.1, 0.15) is 18.5 Å². The molecule has 0 aliphatic rings. The van der Waals surface area contributed by atoms with Gasteiger partial charge < -0.3 is 11.1 Å². The molecule has 0 aliphatic carbocycles. The zero-order valence-electron chi connectivity index (χ0n) is 12.4. The molecular weight excluding hydrogens is 262 g/mol. The molecule has 0 saturated heterocycles. The Morgan fingerprint density at radius 1 is 1.19 bits per heavy atom. The molecule has 0 saturated carbocycles. The Labute approximate surface area is 125 Å². The van der Waals surface area contributed by atoms with Crippen molar-refractivity contribution in [3.05, 3.63) is 60.2 Å². The van der Waals surface area contributed by atoms with Crippen LogP contribution >= 0.6 is 0 Å². The fourth-order valence-corrected chi connectivity index (χ4v) is 2.16. The maximum absolute atomic E-state index is 12.0. The van der Waals surface area contributed by atoms with Crippen LogP contribution in [0.4, 0.5) is 11.4 Å². The minimum Gasteiger partial charge on any atom is -0.399 e. The van der Waals surface area contributed by atoms with Gasteiger partial charge in [-0.25, -0.2) is 0 Å². The lowest BCUT2D eigenvalue weighted by atomic mass is 10.1. The van der Waals surface area contributed by atoms with Gasteiger partial charge in [-0.3, -0.25) is 9.69 Å². The maximum atomic E-state index is 12.0. The molecule has 2 aromatic carbocycles. The van der Waals surface area contributed by atoms with Crippen molar-refractivity contribution in [3.63, 3.8) is 0 Å². The van der Waals surface area contributed by atoms with E-state index in [1.807, 2.05) is 66.5 Å². The predicted molar refractivity (Wildman–Crippen MR) is 87.0 cm³/mol. The summed E-state index contributed by atoms with van der Waals surface area (Å²) in [6.07, 6.45) is 0. The molecule has 0 spiro atoms. The highest BCUT2D eigenvalue weighted by Gasteiger charge is 2.15. The normalized spacial score (nSPS) is 12.1. The number of nitrogen functional groups attached to an aromatic ring is 1. The number of hydrogen-bond donors (Lipinski definition) is 2. The summed E-state index contributed by atoms with van der Waals surface area (Å²) >= 11 is 0. The van der Waals surface area contributed by atoms with Crippen LogP contribution in [0.5, 0.6) is 0 Å². The number of nitrogens with two attached hydrogens (primary N) is 1. The second kappa shape index (κ2) is 6.90. The number of anilines is 2. The third-order valence-electron chi connectivity index (χ3n) is 3.50. The second-order valence-corrected chi connectivity index (χ2v) is 5.18. The van der Waals surface area contributed by atoms with Gasteiger partial charge >= 0.3 is 0 Å². The Balaban J connectivity index is 1.94. The number of benzene rings is 2. The van der Waals surface area contributed by atoms with E-state index in [2.05, 4.69) is 12.2 Å². The molecule has 2 rings (SSSR count). The molecule has 0 fully saturated rings. The first kappa shape index (κ1) is 15.1. The van der Waals surface area contributed by atoms with Gasteiger partial charge in [-0.15, -0.1) is 0 Å². The Morgan fingerprint density at radius 2 is 1.90 bits per heavy atom. The number of carbonyl (C=O) groups is 1. The molecule has 0 bridgehead atoms. The minimum absolute atomic E-state index is 0.0283. The quantitative estimate of drug-likeness (QED) is 0.830. The summed E-state index contributed by atoms with van der Waals surface area (Å²) < 4.78 is 0. The van der Waals surface area contributed by atoms with Gasteiger partial charge in [0.2, 0.25) is 5.91 Å². The van der Waals surface area contributed by atoms with Gasteiger partial charge in [-0.2, -0.15) is 0 Å². The summed E-state index contributed by atoms with van der Waals surface area (Å²) in [5, 5.41) is 2.89. The van der Waals surface area contributed by atoms with Crippen molar-refractivity contribution >= 4 is 17.3 Å². The van der Waals surface area contributed by atoms with E-state index < -0.39 is 0 Å². The van der Waals surface area contributed by atoms with E-state index in [4.69, 9.17) is 5.73 Å². The van der Waals surface area contributed by atoms with Crippen molar-refractivity contribution in [1.82, 2.24) is 4.90 Å². The highest BCUT2D eigenvalue weighted by Crippen LogP contribution is 2.20. The minimum atomic E-state index is -0.0283. The van der Waals surface area contributed by atoms with Crippen LogP contribution in [0.15, 0.2) is 54.6 Å². The van der Waals surface area contributed by atoms with Crippen LogP contribution in [0.3, 0.4) is 0 Å². The molecule has 110 valence electrons. The zero-order valence-corrected chi connectivity index (χ0v) is 12.4. The number of para-hydroxylation sites is 1. The first-order valence-corrected chi connectivity index (χ1v) is 6.97. The molecule has 4 nitrogen and oxygen atoms in total. The van der Waals surface area contributed by atoms with Gasteiger partial charge in [0, 0.05) is 17.4 Å². The lowest BCUT2D eigenvalue weighted by Gasteiger charge is -2.24. The van der Waals surface area contributed by atoms with Gasteiger partial charge in [0.25, 0.3) is 0 Å². The lowest BCUT2D eigenvalue weighted by molar-refractivity contribution is -0.117. The van der Waals surface area contributed by atoms with Crippen LogP contribution in [-0.2, 0) is 4.79 Å². The molecule has 0 aliphatic heterocycles. The number of likely N-dealkylation sites (N-methyl/N-ethyl adjacent to an activating group) is 1. The predicted octanol–water partition coefficient (Wildman–Crippen LogP) is 2.90. The fraction of sp³-hybridized carbons (Fsp3) is 0.235. The Morgan fingerprint density at radius 3 is 2.57 bits per heavy atom. The van der Waals surface area contributed by atoms with Crippen molar-refractivity contribution in [2.45, 2.75) is 13.0 Å². The van der Waals surface area contributed by atoms with Gasteiger partial charge in [0.15, 0.2) is 0 Å². The number of amides is 1. The Kier molecular flexibility index (Phi) is 4.95. The van der Waals surface area contributed by atoms with Crippen LogP contribution in [-0.4, -0.2) is 24.4 Å². The van der Waals surface area contributed by atoms with E-state index in [1.54, 1.807) is 0 Å². The van der Waals surface area contributed by atoms with E-state index in [1.165, 1.54) is 0 Å². The highest BCUT2D eigenvalue weighted by atomic mass is 16.2. The molecule has 1 atom stereocenters. The third-order valence-corrected chi connectivity index (χ3v) is 3.50. The second-order valence-electron chi connectivity index (χ2n) is 5.18. The SMILES string of the molecule is CC(c1cccc(N)c1)N(C)CC(=O)Nc1ccccc1. The molecule has 4 heteroatoms. The standard InChI is InChI=1S/C17H21N3O/c1-13(14-7-6-8-15(18)11-14)20(2)12-17(21)19-16-9-4-3-5-10-16/h3-11,13H,12,18H2,1-2H3,(H,19,21). The van der Waals surface area contributed by atoms with E-state index in [0.29, 0.717) is 6.54 Å². The third kappa shape index (κ3) is 4.33. The summed E-state index contributed by atoms with van der Waals surface area (Å²) in [5.74, 6) is -0.0283. The van der Waals surface area contributed by atoms with E-state index in [0.717, 1.165) is 16.9 Å². The number of rotatable bonds is 5. The first-order chi connectivity index (χ1) is 10.1. The molecule has 21 heavy (non-hydrogen) atoms. The molecule has 1 unspecified atom stereocenters. The molecule has 3 N–H and O–H groups in total. The molecule has 0 radical (unpaired) electrons. The van der Waals surface area contributed by atoms with Crippen molar-refractivity contribution < 1.29 is 4.79 Å². The Bertz CT molecular complexity index is 598. The van der Waals surface area contributed by atoms with E-state index in [-0.39, 0.29) is 11.9 Å². The van der Waals surface area contributed by atoms with Crippen molar-refractivity contribution in [3.8, 4) is 0 Å². The van der Waals surface area contributed by atoms with Gasteiger partial charge in [0.05, 0.1) is 6.54 Å². The molecule has 1 amide bonds. The van der Waals surface area contributed by atoms with Crippen molar-refractivity contribution in [2.75, 3.05) is 24.6 Å². The number of nitrogens with zero attached hydrogens (tertiary/aromatic N) is 1. The van der Waals surface area contributed by atoms with Crippen LogP contribution < -0.4 is 11.1 Å². The Hall–Kier alpha value is -2.33. The molecule has 2 aromatic rings. The van der Waals surface area contributed by atoms with E-state index in [9.17, 15) is 4.79 Å². The average Bonchev–Trinajstić information content (AvgIpc) is 2.47. The average molecular weight is 283 g/mol. The number of nitrogens with one attached hydrogen (secondary N) is 1.